The number of likely N-dealkylation sites (tertiary alicyclic amines) is 1. The van der Waals surface area contributed by atoms with Crippen molar-refractivity contribution in [2.75, 3.05) is 61.3 Å². The first-order valence-electron chi connectivity index (χ1n) is 22.1. The molecule has 4 aliphatic rings. The third kappa shape index (κ3) is 10.5. The number of nitrogens with zero attached hydrogens (tertiary/aromatic N) is 6. The van der Waals surface area contributed by atoms with Crippen LogP contribution in [-0.4, -0.2) is 120 Å². The van der Waals surface area contributed by atoms with E-state index >= 15 is 0 Å². The number of nitrogens with one attached hydrogen (secondary N) is 4. The van der Waals surface area contributed by atoms with Crippen molar-refractivity contribution < 1.29 is 32.4 Å². The van der Waals surface area contributed by atoms with Gasteiger partial charge in [-0.25, -0.2) is 18.4 Å². The average molecular weight is 941 g/mol. The summed E-state index contributed by atoms with van der Waals surface area (Å²) in [6.07, 6.45) is 5.10. The minimum atomic E-state index is -4.09. The molecule has 3 fully saturated rings. The Labute approximate surface area is 392 Å². The first-order valence-corrected chi connectivity index (χ1v) is 24.4. The van der Waals surface area contributed by atoms with E-state index in [2.05, 4.69) is 52.9 Å². The smallest absolute Gasteiger partial charge is 0.270 e. The van der Waals surface area contributed by atoms with Gasteiger partial charge < -0.3 is 25.8 Å². The number of sulfonamides is 1. The molecule has 0 spiro atoms. The Bertz CT molecular complexity index is 2820. The van der Waals surface area contributed by atoms with Gasteiger partial charge in [0.15, 0.2) is 5.13 Å². The summed E-state index contributed by atoms with van der Waals surface area (Å²) in [4.78, 5) is 78.5. The maximum absolute atomic E-state index is 14.0. The van der Waals surface area contributed by atoms with Crippen LogP contribution < -0.4 is 26.2 Å². The molecule has 0 radical (unpaired) electrons. The molecule has 6 heterocycles. The molecule has 4 aliphatic heterocycles. The normalized spacial score (nSPS) is 19.1. The van der Waals surface area contributed by atoms with E-state index in [1.54, 1.807) is 66.2 Å². The minimum absolute atomic E-state index is 0.00965. The van der Waals surface area contributed by atoms with Gasteiger partial charge in [-0.1, -0.05) is 48.2 Å². The largest absolute Gasteiger partial charge is 0.374 e. The summed E-state index contributed by atoms with van der Waals surface area (Å²) in [5, 5.41) is 13.5. The SMILES string of the molecule is O=C1CCC(Nc2ccc(N3CCN(CC(=O)N4CCC(NC(=O)c5ccc(C#Cc6ccc7c(c6)S(=O)(=O)N(C(C(=O)Nc6nccs6)c6ccccc6)C7)cn5)CC4)CC3)cc2)C(=O)N1. The van der Waals surface area contributed by atoms with Crippen molar-refractivity contribution in [2.45, 2.75) is 55.2 Å². The molecule has 0 aliphatic carbocycles. The minimum Gasteiger partial charge on any atom is -0.374 e. The lowest BCUT2D eigenvalue weighted by Crippen LogP contribution is -2.52. The molecule has 4 N–H and O–H groups in total. The fraction of sp³-hybridized carbons (Fsp3) is 0.312. The summed E-state index contributed by atoms with van der Waals surface area (Å²) < 4.78 is 29.2. The Hall–Kier alpha value is -6.98. The number of benzene rings is 3. The van der Waals surface area contributed by atoms with Gasteiger partial charge in [0.1, 0.15) is 17.8 Å². The van der Waals surface area contributed by atoms with Crippen molar-refractivity contribution in [3.8, 4) is 11.8 Å². The number of piperidine rings is 2. The Kier molecular flexibility index (Phi) is 13.4. The zero-order valence-electron chi connectivity index (χ0n) is 36.4. The summed E-state index contributed by atoms with van der Waals surface area (Å²) in [7, 11) is -4.09. The topological polar surface area (TPSA) is 206 Å². The van der Waals surface area contributed by atoms with Gasteiger partial charge in [-0.3, -0.25) is 34.2 Å². The highest BCUT2D eigenvalue weighted by molar-refractivity contribution is 7.89. The molecule has 3 aromatic carbocycles. The van der Waals surface area contributed by atoms with Gasteiger partial charge in [-0.05, 0) is 78.9 Å². The van der Waals surface area contributed by atoms with E-state index in [0.717, 1.165) is 37.6 Å². The molecule has 17 nitrogen and oxygen atoms in total. The van der Waals surface area contributed by atoms with E-state index in [4.69, 9.17) is 0 Å². The van der Waals surface area contributed by atoms with Crippen LogP contribution in [0.1, 0.15) is 64.5 Å². The molecular formula is C48H48N10O7S2. The number of anilines is 3. The summed E-state index contributed by atoms with van der Waals surface area (Å²) in [6, 6.07) is 23.3. The van der Waals surface area contributed by atoms with E-state index in [1.165, 1.54) is 27.9 Å². The van der Waals surface area contributed by atoms with Crippen LogP contribution in [0.3, 0.4) is 0 Å². The standard InChI is InChI=1S/C48H48N10O7S2/c59-42-17-16-40(46(62)53-42)51-36-11-13-38(14-12-36)56-25-23-55(24-26-56)31-43(60)57-21-18-37(19-22-57)52-45(61)39-15-9-33(29-50-39)7-6-32-8-10-35-30-58(67(64,65)41(35)28-32)44(34-4-2-1-3-5-34)47(63)54-48-49-20-27-66-48/h1-5,8-15,20,27-29,37,40,44,51H,16-19,21-26,30-31H2,(H,52,61)(H,49,54,63)(H,53,59,62). The number of carbonyl (C=O) groups is 5. The van der Waals surface area contributed by atoms with Crippen LogP contribution in [-0.2, 0) is 35.7 Å². The highest BCUT2D eigenvalue weighted by atomic mass is 32.2. The molecular weight excluding hydrogens is 893 g/mol. The van der Waals surface area contributed by atoms with E-state index in [9.17, 15) is 32.4 Å². The highest BCUT2D eigenvalue weighted by Gasteiger charge is 2.43. The molecule has 2 unspecified atom stereocenters. The first kappa shape index (κ1) is 45.2. The Balaban J connectivity index is 0.725. The number of hydrogen-bond acceptors (Lipinski definition) is 13. The summed E-state index contributed by atoms with van der Waals surface area (Å²) >= 11 is 1.24. The van der Waals surface area contributed by atoms with E-state index in [-0.39, 0.29) is 46.8 Å². The number of imide groups is 1. The maximum atomic E-state index is 14.0. The zero-order valence-corrected chi connectivity index (χ0v) is 38.0. The first-order chi connectivity index (χ1) is 32.5. The lowest BCUT2D eigenvalue weighted by atomic mass is 10.0. The number of fused-ring (bicyclic) bond motifs is 1. The third-order valence-corrected chi connectivity index (χ3v) is 14.9. The lowest BCUT2D eigenvalue weighted by molar-refractivity contribution is -0.134. The number of rotatable bonds is 11. The molecule has 5 amide bonds. The fourth-order valence-corrected chi connectivity index (χ4v) is 11.0. The molecule has 3 saturated heterocycles. The molecule has 2 aromatic heterocycles. The second-order valence-electron chi connectivity index (χ2n) is 16.8. The van der Waals surface area contributed by atoms with E-state index in [1.807, 2.05) is 29.2 Å². The summed E-state index contributed by atoms with van der Waals surface area (Å²) in [6.45, 7) is 4.49. The van der Waals surface area contributed by atoms with Crippen molar-refractivity contribution in [2.24, 2.45) is 0 Å². The third-order valence-electron chi connectivity index (χ3n) is 12.4. The van der Waals surface area contributed by atoms with Crippen LogP contribution in [0.25, 0.3) is 0 Å². The average Bonchev–Trinajstić information content (AvgIpc) is 3.95. The van der Waals surface area contributed by atoms with Crippen LogP contribution in [0.15, 0.2) is 108 Å². The van der Waals surface area contributed by atoms with Gasteiger partial charge in [-0.2, -0.15) is 4.31 Å². The summed E-state index contributed by atoms with van der Waals surface area (Å²) in [5.74, 6) is 4.74. The van der Waals surface area contributed by atoms with Gasteiger partial charge in [0, 0.05) is 98.6 Å². The molecule has 0 saturated carbocycles. The van der Waals surface area contributed by atoms with Crippen molar-refractivity contribution in [1.29, 1.82) is 0 Å². The molecule has 9 rings (SSSR count). The van der Waals surface area contributed by atoms with Gasteiger partial charge in [-0.15, -0.1) is 11.3 Å². The van der Waals surface area contributed by atoms with Crippen LogP contribution in [0, 0.1) is 11.8 Å². The monoisotopic (exact) mass is 940 g/mol. The van der Waals surface area contributed by atoms with E-state index < -0.39 is 28.0 Å². The molecule has 2 atom stereocenters. The van der Waals surface area contributed by atoms with Crippen LogP contribution in [0.4, 0.5) is 16.5 Å². The van der Waals surface area contributed by atoms with Gasteiger partial charge in [0.2, 0.25) is 33.7 Å². The number of piperazine rings is 1. The van der Waals surface area contributed by atoms with Gasteiger partial charge in [0.05, 0.1) is 11.4 Å². The Morgan fingerprint density at radius 1 is 0.851 bits per heavy atom. The van der Waals surface area contributed by atoms with Gasteiger partial charge in [0.25, 0.3) is 5.91 Å². The van der Waals surface area contributed by atoms with Crippen molar-refractivity contribution in [3.63, 3.8) is 0 Å². The number of aromatic nitrogens is 2. The Morgan fingerprint density at radius 2 is 1.60 bits per heavy atom. The predicted molar refractivity (Wildman–Crippen MR) is 251 cm³/mol. The second kappa shape index (κ2) is 19.9. The van der Waals surface area contributed by atoms with Crippen molar-refractivity contribution in [3.05, 3.63) is 131 Å². The highest BCUT2D eigenvalue weighted by Crippen LogP contribution is 2.38. The molecule has 344 valence electrons. The van der Waals surface area contributed by atoms with Crippen molar-refractivity contribution >= 4 is 67.4 Å². The van der Waals surface area contributed by atoms with Crippen LogP contribution >= 0.6 is 11.3 Å². The zero-order chi connectivity index (χ0) is 46.5. The van der Waals surface area contributed by atoms with Crippen LogP contribution in [0.5, 0.6) is 0 Å². The second-order valence-corrected chi connectivity index (χ2v) is 19.5. The van der Waals surface area contributed by atoms with Crippen LogP contribution in [0.2, 0.25) is 0 Å². The Morgan fingerprint density at radius 3 is 2.30 bits per heavy atom. The number of pyridine rings is 1. The van der Waals surface area contributed by atoms with E-state index in [0.29, 0.717) is 72.7 Å². The van der Waals surface area contributed by atoms with Gasteiger partial charge >= 0.3 is 0 Å². The quantitative estimate of drug-likeness (QED) is 0.111. The lowest BCUT2D eigenvalue weighted by Gasteiger charge is -2.38. The predicted octanol–water partition coefficient (Wildman–Crippen LogP) is 3.58. The molecule has 0 bridgehead atoms. The maximum Gasteiger partial charge on any atom is 0.270 e. The van der Waals surface area contributed by atoms with Crippen molar-refractivity contribution in [1.82, 2.24) is 34.7 Å². The summed E-state index contributed by atoms with van der Waals surface area (Å²) in [5.41, 5.74) is 4.20. The fourth-order valence-electron chi connectivity index (χ4n) is 8.69. The number of hydrogen-bond donors (Lipinski definition) is 4. The number of thiazole rings is 1. The number of carbonyl (C=O) groups excluding carboxylic acids is 5. The molecule has 67 heavy (non-hydrogen) atoms. The molecule has 5 aromatic rings. The number of amides is 5. The molecule has 19 heteroatoms.